The Bertz CT molecular complexity index is 437. The second-order valence-corrected chi connectivity index (χ2v) is 4.96. The van der Waals surface area contributed by atoms with Crippen LogP contribution in [0.15, 0.2) is 12.1 Å². The van der Waals surface area contributed by atoms with Gasteiger partial charge in [0.1, 0.15) is 0 Å². The molecule has 94 valence electrons. The van der Waals surface area contributed by atoms with E-state index in [9.17, 15) is 0 Å². The third-order valence-electron chi connectivity index (χ3n) is 3.45. The van der Waals surface area contributed by atoms with Crippen LogP contribution in [0.1, 0.15) is 19.3 Å². The van der Waals surface area contributed by atoms with Crippen molar-refractivity contribution in [2.45, 2.75) is 12.3 Å². The lowest BCUT2D eigenvalue weighted by molar-refractivity contribution is 0.174. The molecule has 2 aliphatic heterocycles. The van der Waals surface area contributed by atoms with Crippen molar-refractivity contribution in [3.05, 3.63) is 17.7 Å². The van der Waals surface area contributed by atoms with Gasteiger partial charge in [-0.1, -0.05) is 0 Å². The molecule has 1 aromatic rings. The Morgan fingerprint density at radius 1 is 1.35 bits per heavy atom. The first kappa shape index (κ1) is 10.7. The van der Waals surface area contributed by atoms with Crippen LogP contribution < -0.4 is 14.8 Å². The molecule has 2 heterocycles. The highest BCUT2D eigenvalue weighted by atomic mass is 16.7. The summed E-state index contributed by atoms with van der Waals surface area (Å²) in [7, 11) is 4.23. The Morgan fingerprint density at radius 3 is 2.88 bits per heavy atom. The Morgan fingerprint density at radius 2 is 2.12 bits per heavy atom. The first-order valence-corrected chi connectivity index (χ1v) is 6.06. The van der Waals surface area contributed by atoms with Crippen LogP contribution in [0, 0.1) is 0 Å². The number of nitrogens with zero attached hydrogens (tertiary/aromatic N) is 1. The number of hydrogen-bond donors (Lipinski definition) is 1. The first-order valence-electron chi connectivity index (χ1n) is 6.06. The fraction of sp³-hybridized carbons (Fsp3) is 0.538. The van der Waals surface area contributed by atoms with E-state index in [2.05, 4.69) is 36.4 Å². The van der Waals surface area contributed by atoms with Crippen molar-refractivity contribution in [1.82, 2.24) is 4.90 Å². The summed E-state index contributed by atoms with van der Waals surface area (Å²) in [5.41, 5.74) is 2.58. The Labute approximate surface area is 103 Å². The van der Waals surface area contributed by atoms with Gasteiger partial charge in [-0.2, -0.15) is 0 Å². The standard InChI is InChI=1S/C13H18N2O2.H2/c1-15(2)4-3-9-7-14-11-6-13-12(5-10(9)11)16-8-17-13;/h5-6,9,14H,3-4,7-8H2,1-2H3;1H/t9-;/m0./s1. The van der Waals surface area contributed by atoms with Crippen molar-refractivity contribution in [3.8, 4) is 11.5 Å². The van der Waals surface area contributed by atoms with Crippen molar-refractivity contribution in [1.29, 1.82) is 0 Å². The summed E-state index contributed by atoms with van der Waals surface area (Å²) in [5, 5.41) is 3.45. The lowest BCUT2D eigenvalue weighted by Crippen LogP contribution is -2.16. The topological polar surface area (TPSA) is 33.7 Å². The molecule has 0 saturated carbocycles. The van der Waals surface area contributed by atoms with E-state index in [1.54, 1.807) is 0 Å². The molecule has 17 heavy (non-hydrogen) atoms. The lowest BCUT2D eigenvalue weighted by atomic mass is 9.97. The zero-order valence-electron chi connectivity index (χ0n) is 10.3. The Hall–Kier alpha value is -1.42. The molecule has 0 radical (unpaired) electrons. The van der Waals surface area contributed by atoms with Crippen LogP contribution in [0.2, 0.25) is 0 Å². The first-order chi connectivity index (χ1) is 8.24. The average molecular weight is 236 g/mol. The second-order valence-electron chi connectivity index (χ2n) is 4.96. The van der Waals surface area contributed by atoms with Gasteiger partial charge in [0, 0.05) is 25.6 Å². The third kappa shape index (κ3) is 1.93. The minimum atomic E-state index is 0. The van der Waals surface area contributed by atoms with Crippen LogP contribution in [0.25, 0.3) is 0 Å². The molecule has 1 N–H and O–H groups in total. The van der Waals surface area contributed by atoms with Crippen molar-refractivity contribution in [2.75, 3.05) is 39.3 Å². The number of benzene rings is 1. The minimum Gasteiger partial charge on any atom is -0.454 e. The normalized spacial score (nSPS) is 20.5. The molecule has 0 amide bonds. The van der Waals surface area contributed by atoms with Crippen molar-refractivity contribution < 1.29 is 10.9 Å². The molecule has 1 aromatic carbocycles. The SMILES string of the molecule is CN(C)CC[C@H]1CNc2cc3c(cc21)OCO3.[HH]. The van der Waals surface area contributed by atoms with Crippen molar-refractivity contribution in [3.63, 3.8) is 0 Å². The summed E-state index contributed by atoms with van der Waals surface area (Å²) in [6.45, 7) is 2.48. The number of ether oxygens (including phenoxy) is 2. The quantitative estimate of drug-likeness (QED) is 0.871. The van der Waals surface area contributed by atoms with Gasteiger partial charge in [-0.3, -0.25) is 0 Å². The number of nitrogens with one attached hydrogen (secondary N) is 1. The summed E-state index contributed by atoms with van der Waals surface area (Å²) in [5.74, 6) is 2.34. The molecule has 0 bridgehead atoms. The summed E-state index contributed by atoms with van der Waals surface area (Å²) in [4.78, 5) is 2.23. The van der Waals surface area contributed by atoms with Crippen molar-refractivity contribution >= 4 is 5.69 Å². The predicted octanol–water partition coefficient (Wildman–Crippen LogP) is 2.12. The van der Waals surface area contributed by atoms with E-state index < -0.39 is 0 Å². The monoisotopic (exact) mass is 236 g/mol. The summed E-state index contributed by atoms with van der Waals surface area (Å²) in [6, 6.07) is 4.20. The fourth-order valence-electron chi connectivity index (χ4n) is 2.46. The van der Waals surface area contributed by atoms with E-state index in [0.29, 0.717) is 12.7 Å². The molecule has 0 aromatic heterocycles. The van der Waals surface area contributed by atoms with Gasteiger partial charge in [0.05, 0.1) is 0 Å². The Balaban J connectivity index is 0.00000120. The highest BCUT2D eigenvalue weighted by Crippen LogP contribution is 2.43. The molecule has 0 saturated heterocycles. The molecule has 0 spiro atoms. The second kappa shape index (κ2) is 4.11. The van der Waals surface area contributed by atoms with E-state index in [1.807, 2.05) is 0 Å². The van der Waals surface area contributed by atoms with Gasteiger partial charge in [0.2, 0.25) is 6.79 Å². The van der Waals surface area contributed by atoms with Crippen LogP contribution in [0.4, 0.5) is 5.69 Å². The highest BCUT2D eigenvalue weighted by Gasteiger charge is 2.26. The smallest absolute Gasteiger partial charge is 0.231 e. The van der Waals surface area contributed by atoms with Gasteiger partial charge >= 0.3 is 0 Å². The third-order valence-corrected chi connectivity index (χ3v) is 3.45. The number of anilines is 1. The Kier molecular flexibility index (Phi) is 2.59. The lowest BCUT2D eigenvalue weighted by Gasteiger charge is -2.14. The van der Waals surface area contributed by atoms with Crippen LogP contribution in [0.5, 0.6) is 11.5 Å². The van der Waals surface area contributed by atoms with E-state index in [0.717, 1.165) is 24.6 Å². The zero-order valence-corrected chi connectivity index (χ0v) is 10.3. The maximum absolute atomic E-state index is 5.44. The summed E-state index contributed by atoms with van der Waals surface area (Å²) < 4.78 is 10.8. The molecular weight excluding hydrogens is 216 g/mol. The molecule has 0 aliphatic carbocycles. The number of rotatable bonds is 3. The fourth-order valence-corrected chi connectivity index (χ4v) is 2.46. The van der Waals surface area contributed by atoms with Crippen LogP contribution in [0.3, 0.4) is 0 Å². The molecule has 0 unspecified atom stereocenters. The summed E-state index contributed by atoms with van der Waals surface area (Å²) in [6.07, 6.45) is 1.17. The number of hydrogen-bond acceptors (Lipinski definition) is 4. The van der Waals surface area contributed by atoms with E-state index in [4.69, 9.17) is 9.47 Å². The van der Waals surface area contributed by atoms with Gasteiger partial charge in [-0.15, -0.1) is 0 Å². The molecule has 4 heteroatoms. The largest absolute Gasteiger partial charge is 0.454 e. The molecule has 0 fully saturated rings. The van der Waals surface area contributed by atoms with Crippen LogP contribution in [-0.2, 0) is 0 Å². The van der Waals surface area contributed by atoms with E-state index >= 15 is 0 Å². The van der Waals surface area contributed by atoms with Crippen molar-refractivity contribution in [2.24, 2.45) is 0 Å². The molecule has 1 atom stereocenters. The van der Waals surface area contributed by atoms with E-state index in [1.165, 1.54) is 17.7 Å². The number of fused-ring (bicyclic) bond motifs is 2. The molecule has 4 nitrogen and oxygen atoms in total. The van der Waals surface area contributed by atoms with Gasteiger partial charge in [-0.25, -0.2) is 0 Å². The molecular formula is C13H20N2O2. The van der Waals surface area contributed by atoms with Gasteiger partial charge < -0.3 is 19.7 Å². The van der Waals surface area contributed by atoms with E-state index in [-0.39, 0.29) is 1.43 Å². The highest BCUT2D eigenvalue weighted by molar-refractivity contribution is 5.65. The predicted molar refractivity (Wildman–Crippen MR) is 69.1 cm³/mol. The maximum Gasteiger partial charge on any atom is 0.231 e. The van der Waals surface area contributed by atoms with Gasteiger partial charge in [-0.05, 0) is 38.7 Å². The van der Waals surface area contributed by atoms with Crippen LogP contribution in [-0.4, -0.2) is 38.9 Å². The zero-order chi connectivity index (χ0) is 11.8. The average Bonchev–Trinajstić information content (AvgIpc) is 2.88. The maximum atomic E-state index is 5.44. The minimum absolute atomic E-state index is 0. The molecule has 3 rings (SSSR count). The molecule has 2 aliphatic rings. The van der Waals surface area contributed by atoms with Gasteiger partial charge in [0.15, 0.2) is 11.5 Å². The van der Waals surface area contributed by atoms with Crippen LogP contribution >= 0.6 is 0 Å². The van der Waals surface area contributed by atoms with Gasteiger partial charge in [0.25, 0.3) is 0 Å². The summed E-state index contributed by atoms with van der Waals surface area (Å²) >= 11 is 0.